The van der Waals surface area contributed by atoms with Crippen LogP contribution in [0.5, 0.6) is 0 Å². The Labute approximate surface area is 316 Å². The van der Waals surface area contributed by atoms with E-state index in [2.05, 4.69) is 152 Å². The van der Waals surface area contributed by atoms with Crippen LogP contribution in [0.1, 0.15) is 36.4 Å². The summed E-state index contributed by atoms with van der Waals surface area (Å²) in [7, 11) is 0. The van der Waals surface area contributed by atoms with Gasteiger partial charge in [-0.25, -0.2) is 19.9 Å². The lowest BCUT2D eigenvalue weighted by Gasteiger charge is -2.42. The Morgan fingerprint density at radius 2 is 0.926 bits per heavy atom. The first-order chi connectivity index (χ1) is 26.5. The Bertz CT molecular complexity index is 2480. The van der Waals surface area contributed by atoms with Crippen molar-refractivity contribution in [1.82, 2.24) is 19.9 Å². The molecule has 0 radical (unpaired) electrons. The molecule has 1 aliphatic heterocycles. The van der Waals surface area contributed by atoms with Gasteiger partial charge in [0.25, 0.3) is 0 Å². The van der Waals surface area contributed by atoms with E-state index in [1.807, 2.05) is 42.6 Å². The molecular formula is C49H39N5. The Kier molecular flexibility index (Phi) is 8.60. The number of nitrogens with zero attached hydrogens (tertiary/aromatic N) is 5. The fraction of sp³-hybridized carbons (Fsp3) is 0.102. The van der Waals surface area contributed by atoms with E-state index in [1.165, 1.54) is 22.3 Å². The first-order valence-electron chi connectivity index (χ1n) is 18.5. The lowest BCUT2D eigenvalue weighted by Crippen LogP contribution is -2.31. The number of para-hydroxylation sites is 2. The van der Waals surface area contributed by atoms with Gasteiger partial charge in [-0.2, -0.15) is 0 Å². The number of anilines is 3. The lowest BCUT2D eigenvalue weighted by molar-refractivity contribution is 0.631. The van der Waals surface area contributed by atoms with Crippen molar-refractivity contribution in [1.29, 1.82) is 0 Å². The highest BCUT2D eigenvalue weighted by atomic mass is 15.2. The van der Waals surface area contributed by atoms with Crippen LogP contribution in [0.25, 0.3) is 45.0 Å². The zero-order chi connectivity index (χ0) is 36.5. The number of hydrogen-bond donors (Lipinski definition) is 0. The van der Waals surface area contributed by atoms with E-state index in [9.17, 15) is 0 Å². The quantitative estimate of drug-likeness (QED) is 0.158. The number of hydrogen-bond acceptors (Lipinski definition) is 5. The molecule has 0 spiro atoms. The number of rotatable bonds is 8. The zero-order valence-electron chi connectivity index (χ0n) is 30.4. The average Bonchev–Trinajstić information content (AvgIpc) is 3.24. The van der Waals surface area contributed by atoms with Gasteiger partial charge in [-0.1, -0.05) is 166 Å². The van der Waals surface area contributed by atoms with Crippen molar-refractivity contribution in [3.63, 3.8) is 0 Å². The van der Waals surface area contributed by atoms with Crippen molar-refractivity contribution >= 4 is 17.2 Å². The van der Waals surface area contributed by atoms with Gasteiger partial charge in [-0.3, -0.25) is 4.90 Å². The van der Waals surface area contributed by atoms with E-state index >= 15 is 0 Å². The molecule has 0 amide bonds. The second-order valence-electron chi connectivity index (χ2n) is 14.2. The third-order valence-electron chi connectivity index (χ3n) is 10.5. The highest BCUT2D eigenvalue weighted by molar-refractivity contribution is 5.88. The van der Waals surface area contributed by atoms with Gasteiger partial charge in [0, 0.05) is 34.7 Å². The molecule has 0 fully saturated rings. The maximum Gasteiger partial charge on any atom is 0.163 e. The normalized spacial score (nSPS) is 12.9. The third kappa shape index (κ3) is 6.14. The minimum atomic E-state index is -0.176. The Hall–Kier alpha value is -6.72. The SMILES string of the molecule is CC1(C)c2ccccc2N(c2ncc(-c3ccccc3-c3ccccc3)cc2CCc2nc(-c3ccccc3)nc(-c3ccccc3)n2)c2ccccc21. The fourth-order valence-electron chi connectivity index (χ4n) is 7.75. The molecule has 54 heavy (non-hydrogen) atoms. The maximum atomic E-state index is 5.37. The van der Waals surface area contributed by atoms with Gasteiger partial charge >= 0.3 is 0 Å². The predicted octanol–water partition coefficient (Wildman–Crippen LogP) is 11.8. The van der Waals surface area contributed by atoms with Crippen LogP contribution in [0.2, 0.25) is 0 Å². The molecule has 0 N–H and O–H groups in total. The van der Waals surface area contributed by atoms with Crippen molar-refractivity contribution in [2.24, 2.45) is 0 Å². The fourth-order valence-corrected chi connectivity index (χ4v) is 7.75. The van der Waals surface area contributed by atoms with Crippen LogP contribution >= 0.6 is 0 Å². The molecule has 1 aliphatic rings. The molecule has 8 aromatic rings. The topological polar surface area (TPSA) is 54.8 Å². The van der Waals surface area contributed by atoms with E-state index in [-0.39, 0.29) is 5.41 Å². The summed E-state index contributed by atoms with van der Waals surface area (Å²) >= 11 is 0. The summed E-state index contributed by atoms with van der Waals surface area (Å²) < 4.78 is 0. The molecular weight excluding hydrogens is 659 g/mol. The maximum absolute atomic E-state index is 5.37. The van der Waals surface area contributed by atoms with Gasteiger partial charge < -0.3 is 0 Å². The second-order valence-corrected chi connectivity index (χ2v) is 14.2. The number of aryl methyl sites for hydroxylation is 2. The third-order valence-corrected chi connectivity index (χ3v) is 10.5. The van der Waals surface area contributed by atoms with Crippen LogP contribution in [0.15, 0.2) is 176 Å². The van der Waals surface area contributed by atoms with Gasteiger partial charge in [0.1, 0.15) is 11.6 Å². The van der Waals surface area contributed by atoms with Gasteiger partial charge in [0.15, 0.2) is 11.6 Å². The largest absolute Gasteiger partial charge is 0.294 e. The van der Waals surface area contributed by atoms with Gasteiger partial charge in [0.05, 0.1) is 11.4 Å². The second kappa shape index (κ2) is 14.0. The summed E-state index contributed by atoms with van der Waals surface area (Å²) in [6.07, 6.45) is 3.30. The van der Waals surface area contributed by atoms with Gasteiger partial charge in [-0.15, -0.1) is 0 Å². The number of aromatic nitrogens is 4. The minimum Gasteiger partial charge on any atom is -0.294 e. The molecule has 5 heteroatoms. The van der Waals surface area contributed by atoms with Crippen LogP contribution in [0, 0.1) is 0 Å². The first kappa shape index (κ1) is 33.1. The van der Waals surface area contributed by atoms with E-state index in [1.54, 1.807) is 0 Å². The zero-order valence-corrected chi connectivity index (χ0v) is 30.4. The van der Waals surface area contributed by atoms with Crippen molar-refractivity contribution in [3.05, 3.63) is 199 Å². The number of fused-ring (bicyclic) bond motifs is 2. The van der Waals surface area contributed by atoms with E-state index < -0.39 is 0 Å². The molecule has 0 aliphatic carbocycles. The summed E-state index contributed by atoms with van der Waals surface area (Å²) in [4.78, 5) is 22.8. The predicted molar refractivity (Wildman–Crippen MR) is 220 cm³/mol. The van der Waals surface area contributed by atoms with Crippen molar-refractivity contribution in [2.75, 3.05) is 4.90 Å². The molecule has 0 saturated heterocycles. The standard InChI is InChI=1S/C49H39N5/c1-49(2)41-26-14-16-28-43(41)54(44-29-17-15-27-42(44)49)48-37(32-38(33-50-48)40-25-13-12-24-39(40)34-18-6-3-7-19-34)30-31-45-51-46(35-20-8-4-9-21-35)53-47(52-45)36-22-10-5-11-23-36/h3-29,32-33H,30-31H2,1-2H3. The molecule has 260 valence electrons. The van der Waals surface area contributed by atoms with Gasteiger partial charge in [-0.05, 0) is 58.0 Å². The van der Waals surface area contributed by atoms with Crippen molar-refractivity contribution in [3.8, 4) is 45.0 Å². The lowest BCUT2D eigenvalue weighted by atomic mass is 9.73. The first-order valence-corrected chi connectivity index (χ1v) is 18.5. The highest BCUT2D eigenvalue weighted by Gasteiger charge is 2.37. The van der Waals surface area contributed by atoms with Crippen molar-refractivity contribution in [2.45, 2.75) is 32.1 Å². The van der Waals surface area contributed by atoms with Crippen LogP contribution in [0.3, 0.4) is 0 Å². The molecule has 2 aromatic heterocycles. The average molecular weight is 698 g/mol. The Morgan fingerprint density at radius 1 is 0.463 bits per heavy atom. The van der Waals surface area contributed by atoms with Crippen LogP contribution in [0.4, 0.5) is 17.2 Å². The summed E-state index contributed by atoms with van der Waals surface area (Å²) in [5, 5.41) is 0. The molecule has 3 heterocycles. The number of benzene rings is 6. The summed E-state index contributed by atoms with van der Waals surface area (Å²) in [5.74, 6) is 2.99. The smallest absolute Gasteiger partial charge is 0.163 e. The highest BCUT2D eigenvalue weighted by Crippen LogP contribution is 2.52. The molecule has 0 bridgehead atoms. The molecule has 6 aromatic carbocycles. The molecule has 9 rings (SSSR count). The molecule has 0 unspecified atom stereocenters. The van der Waals surface area contributed by atoms with Crippen molar-refractivity contribution < 1.29 is 0 Å². The molecule has 5 nitrogen and oxygen atoms in total. The minimum absolute atomic E-state index is 0.176. The monoisotopic (exact) mass is 697 g/mol. The van der Waals surface area contributed by atoms with E-state index in [0.29, 0.717) is 24.5 Å². The Morgan fingerprint density at radius 3 is 1.48 bits per heavy atom. The molecule has 0 saturated carbocycles. The summed E-state index contributed by atoms with van der Waals surface area (Å²) in [6, 6.07) is 59.3. The van der Waals surface area contributed by atoms with Crippen LogP contribution in [-0.4, -0.2) is 19.9 Å². The Balaban J connectivity index is 1.20. The van der Waals surface area contributed by atoms with Crippen LogP contribution in [-0.2, 0) is 18.3 Å². The van der Waals surface area contributed by atoms with E-state index in [0.717, 1.165) is 50.8 Å². The summed E-state index contributed by atoms with van der Waals surface area (Å²) in [5.41, 5.74) is 12.2. The summed E-state index contributed by atoms with van der Waals surface area (Å²) in [6.45, 7) is 4.63. The van der Waals surface area contributed by atoms with E-state index in [4.69, 9.17) is 19.9 Å². The molecule has 0 atom stereocenters. The number of pyridine rings is 1. The van der Waals surface area contributed by atoms with Gasteiger partial charge in [0.2, 0.25) is 0 Å². The van der Waals surface area contributed by atoms with Crippen LogP contribution < -0.4 is 4.90 Å².